The molecule has 3 nitrogen and oxygen atoms in total. The summed E-state index contributed by atoms with van der Waals surface area (Å²) in [7, 11) is 0. The maximum Gasteiger partial charge on any atom is 0.120 e. The molecule has 2 N–H and O–H groups in total. The van der Waals surface area contributed by atoms with Gasteiger partial charge in [0, 0.05) is 24.5 Å². The molecule has 3 heteroatoms. The Morgan fingerprint density at radius 3 is 2.62 bits per heavy atom. The van der Waals surface area contributed by atoms with E-state index in [0.717, 1.165) is 29.3 Å². The van der Waals surface area contributed by atoms with Crippen LogP contribution in [0.2, 0.25) is 0 Å². The molecule has 1 aromatic heterocycles. The van der Waals surface area contributed by atoms with Gasteiger partial charge in [0.1, 0.15) is 5.75 Å². The second-order valence-corrected chi connectivity index (χ2v) is 5.07. The summed E-state index contributed by atoms with van der Waals surface area (Å²) in [5.74, 6) is 0.352. The summed E-state index contributed by atoms with van der Waals surface area (Å²) < 4.78 is 0. The number of nitrogens with zero attached hydrogens (tertiary/aromatic N) is 1. The van der Waals surface area contributed by atoms with E-state index in [1.807, 2.05) is 42.7 Å². The maximum absolute atomic E-state index is 10.1. The average Bonchev–Trinajstić information content (AvgIpc) is 2.54. The third-order valence-electron chi connectivity index (χ3n) is 3.66. The molecule has 1 heterocycles. The Morgan fingerprint density at radius 2 is 1.76 bits per heavy atom. The van der Waals surface area contributed by atoms with Crippen molar-refractivity contribution in [3.05, 3.63) is 72.1 Å². The summed E-state index contributed by atoms with van der Waals surface area (Å²) in [4.78, 5) is 4.01. The van der Waals surface area contributed by atoms with Gasteiger partial charge in [0.05, 0.1) is 0 Å². The summed E-state index contributed by atoms with van der Waals surface area (Å²) >= 11 is 0. The van der Waals surface area contributed by atoms with Gasteiger partial charge < -0.3 is 10.4 Å². The van der Waals surface area contributed by atoms with E-state index in [-0.39, 0.29) is 0 Å². The van der Waals surface area contributed by atoms with E-state index in [9.17, 15) is 5.11 Å². The summed E-state index contributed by atoms with van der Waals surface area (Å²) in [6, 6.07) is 15.9. The third-order valence-corrected chi connectivity index (χ3v) is 3.66. The fraction of sp³-hybridized carbons (Fsp3) is 0.167. The normalized spacial score (nSPS) is 10.9. The number of hydrogen-bond donors (Lipinski definition) is 2. The molecule has 21 heavy (non-hydrogen) atoms. The van der Waals surface area contributed by atoms with Gasteiger partial charge in [-0.2, -0.15) is 0 Å². The second-order valence-electron chi connectivity index (χ2n) is 5.07. The minimum Gasteiger partial charge on any atom is -0.508 e. The van der Waals surface area contributed by atoms with Crippen LogP contribution in [-0.4, -0.2) is 16.6 Å². The van der Waals surface area contributed by atoms with E-state index in [1.54, 1.807) is 6.07 Å². The predicted molar refractivity (Wildman–Crippen MR) is 85.3 cm³/mol. The van der Waals surface area contributed by atoms with Gasteiger partial charge >= 0.3 is 0 Å². The van der Waals surface area contributed by atoms with Gasteiger partial charge in [-0.1, -0.05) is 30.3 Å². The highest BCUT2D eigenvalue weighted by molar-refractivity contribution is 5.87. The Bertz CT molecular complexity index is 726. The Balaban J connectivity index is 1.67. The second kappa shape index (κ2) is 6.37. The van der Waals surface area contributed by atoms with E-state index >= 15 is 0 Å². The van der Waals surface area contributed by atoms with Crippen LogP contribution in [0.1, 0.15) is 11.1 Å². The Morgan fingerprint density at radius 1 is 0.952 bits per heavy atom. The molecule has 3 rings (SSSR count). The lowest BCUT2D eigenvalue weighted by atomic mass is 10.0. The molecule has 0 saturated heterocycles. The van der Waals surface area contributed by atoms with Crippen LogP contribution in [0.4, 0.5) is 0 Å². The Hall–Kier alpha value is -2.39. The molecule has 106 valence electrons. The minimum atomic E-state index is 0.352. The van der Waals surface area contributed by atoms with E-state index in [1.165, 1.54) is 5.56 Å². The number of fused-ring (bicyclic) bond motifs is 1. The first kappa shape index (κ1) is 13.6. The van der Waals surface area contributed by atoms with E-state index in [4.69, 9.17) is 0 Å². The summed E-state index contributed by atoms with van der Waals surface area (Å²) in [5, 5.41) is 15.7. The number of pyridine rings is 1. The number of phenolic OH excluding ortho intramolecular Hbond substituents is 1. The van der Waals surface area contributed by atoms with Crippen LogP contribution in [0, 0.1) is 0 Å². The lowest BCUT2D eigenvalue weighted by molar-refractivity contribution is 0.466. The van der Waals surface area contributed by atoms with Crippen molar-refractivity contribution < 1.29 is 5.11 Å². The van der Waals surface area contributed by atoms with Gasteiger partial charge in [-0.15, -0.1) is 0 Å². The van der Waals surface area contributed by atoms with Crippen molar-refractivity contribution in [3.63, 3.8) is 0 Å². The molecular formula is C18H18N2O. The molecule has 0 atom stereocenters. The number of rotatable bonds is 5. The zero-order valence-corrected chi connectivity index (χ0v) is 11.8. The molecule has 0 aliphatic heterocycles. The molecule has 0 aliphatic carbocycles. The van der Waals surface area contributed by atoms with E-state index in [0.29, 0.717) is 12.3 Å². The van der Waals surface area contributed by atoms with E-state index < -0.39 is 0 Å². The van der Waals surface area contributed by atoms with Crippen LogP contribution in [-0.2, 0) is 13.0 Å². The SMILES string of the molecule is Oc1ccc2ccccc2c1CNCCc1ccncc1. The molecule has 0 amide bonds. The summed E-state index contributed by atoms with van der Waals surface area (Å²) in [6.07, 6.45) is 4.58. The highest BCUT2D eigenvalue weighted by atomic mass is 16.3. The highest BCUT2D eigenvalue weighted by Crippen LogP contribution is 2.26. The van der Waals surface area contributed by atoms with Crippen molar-refractivity contribution in [1.82, 2.24) is 10.3 Å². The van der Waals surface area contributed by atoms with Crippen molar-refractivity contribution in [2.45, 2.75) is 13.0 Å². The van der Waals surface area contributed by atoms with Gasteiger partial charge in [0.2, 0.25) is 0 Å². The maximum atomic E-state index is 10.1. The number of nitrogens with one attached hydrogen (secondary N) is 1. The molecule has 0 fully saturated rings. The first-order valence-corrected chi connectivity index (χ1v) is 7.14. The summed E-state index contributed by atoms with van der Waals surface area (Å²) in [5.41, 5.74) is 2.22. The predicted octanol–water partition coefficient (Wildman–Crippen LogP) is 3.27. The standard InChI is InChI=1S/C18H18N2O/c21-18-6-5-15-3-1-2-4-16(15)17(18)13-20-12-9-14-7-10-19-11-8-14/h1-8,10-11,20-21H,9,12-13H2. The molecular weight excluding hydrogens is 260 g/mol. The number of aromatic hydroxyl groups is 1. The van der Waals surface area contributed by atoms with Crippen LogP contribution in [0.5, 0.6) is 5.75 Å². The quantitative estimate of drug-likeness (QED) is 0.704. The number of hydrogen-bond acceptors (Lipinski definition) is 3. The van der Waals surface area contributed by atoms with Crippen molar-refractivity contribution in [2.75, 3.05) is 6.54 Å². The van der Waals surface area contributed by atoms with Crippen molar-refractivity contribution in [2.24, 2.45) is 0 Å². The van der Waals surface area contributed by atoms with Crippen LogP contribution in [0.15, 0.2) is 60.9 Å². The number of phenols is 1. The van der Waals surface area contributed by atoms with Crippen molar-refractivity contribution in [3.8, 4) is 5.75 Å². The minimum absolute atomic E-state index is 0.352. The van der Waals surface area contributed by atoms with Crippen molar-refractivity contribution >= 4 is 10.8 Å². The molecule has 0 radical (unpaired) electrons. The molecule has 2 aromatic carbocycles. The van der Waals surface area contributed by atoms with E-state index in [2.05, 4.69) is 22.4 Å². The molecule has 0 spiro atoms. The smallest absolute Gasteiger partial charge is 0.120 e. The topological polar surface area (TPSA) is 45.1 Å². The van der Waals surface area contributed by atoms with Gasteiger partial charge in [-0.05, 0) is 47.5 Å². The molecule has 0 aliphatic rings. The van der Waals surface area contributed by atoms with Gasteiger partial charge in [0.15, 0.2) is 0 Å². The van der Waals surface area contributed by atoms with Crippen LogP contribution in [0.25, 0.3) is 10.8 Å². The molecule has 3 aromatic rings. The molecule has 0 bridgehead atoms. The third kappa shape index (κ3) is 3.20. The first-order valence-electron chi connectivity index (χ1n) is 7.14. The molecule has 0 saturated carbocycles. The Labute approximate surface area is 124 Å². The van der Waals surface area contributed by atoms with Gasteiger partial charge in [0.25, 0.3) is 0 Å². The van der Waals surface area contributed by atoms with Crippen LogP contribution < -0.4 is 5.32 Å². The fourth-order valence-electron chi connectivity index (χ4n) is 2.51. The lowest BCUT2D eigenvalue weighted by Crippen LogP contribution is -2.17. The number of aromatic nitrogens is 1. The van der Waals surface area contributed by atoms with Crippen LogP contribution >= 0.6 is 0 Å². The lowest BCUT2D eigenvalue weighted by Gasteiger charge is -2.10. The zero-order chi connectivity index (χ0) is 14.5. The summed E-state index contributed by atoms with van der Waals surface area (Å²) in [6.45, 7) is 1.53. The number of benzene rings is 2. The van der Waals surface area contributed by atoms with Gasteiger partial charge in [-0.25, -0.2) is 0 Å². The Kier molecular flexibility index (Phi) is 4.12. The highest BCUT2D eigenvalue weighted by Gasteiger charge is 2.06. The average molecular weight is 278 g/mol. The van der Waals surface area contributed by atoms with Crippen molar-refractivity contribution in [1.29, 1.82) is 0 Å². The van der Waals surface area contributed by atoms with Gasteiger partial charge in [-0.3, -0.25) is 4.98 Å². The first-order chi connectivity index (χ1) is 10.3. The monoisotopic (exact) mass is 278 g/mol. The largest absolute Gasteiger partial charge is 0.508 e. The van der Waals surface area contributed by atoms with Crippen LogP contribution in [0.3, 0.4) is 0 Å². The molecule has 0 unspecified atom stereocenters. The zero-order valence-electron chi connectivity index (χ0n) is 11.8. The fourth-order valence-corrected chi connectivity index (χ4v) is 2.51.